The smallest absolute Gasteiger partial charge is 0.127 e. The number of nitrogens with zero attached hydrogens (tertiary/aromatic N) is 1. The van der Waals surface area contributed by atoms with Crippen LogP contribution in [-0.2, 0) is 11.3 Å². The van der Waals surface area contributed by atoms with Gasteiger partial charge in [0.1, 0.15) is 6.29 Å². The second-order valence-corrected chi connectivity index (χ2v) is 6.78. The lowest BCUT2D eigenvalue weighted by molar-refractivity contribution is -0.119. The summed E-state index contributed by atoms with van der Waals surface area (Å²) >= 11 is 0. The summed E-state index contributed by atoms with van der Waals surface area (Å²) in [5.74, 6) is 0.681. The number of hydrogen-bond donors (Lipinski definition) is 0. The molecule has 1 aliphatic rings. The van der Waals surface area contributed by atoms with Gasteiger partial charge in [-0.3, -0.25) is 0 Å². The van der Waals surface area contributed by atoms with Crippen molar-refractivity contribution < 1.29 is 4.79 Å². The molecule has 0 bridgehead atoms. The van der Waals surface area contributed by atoms with Crippen molar-refractivity contribution in [1.82, 2.24) is 4.90 Å². The lowest BCUT2D eigenvalue weighted by Crippen LogP contribution is -2.40. The normalized spacial score (nSPS) is 26.7. The van der Waals surface area contributed by atoms with Crippen molar-refractivity contribution >= 4 is 6.29 Å². The second kappa shape index (κ2) is 6.53. The summed E-state index contributed by atoms with van der Waals surface area (Å²) in [4.78, 5) is 14.0. The Bertz CT molecular complexity index is 456. The van der Waals surface area contributed by atoms with E-state index in [1.165, 1.54) is 30.3 Å². The molecule has 2 rings (SSSR count). The summed E-state index contributed by atoms with van der Waals surface area (Å²) in [6.45, 7) is 6.24. The van der Waals surface area contributed by atoms with Crippen LogP contribution in [0.25, 0.3) is 0 Å². The molecule has 2 nitrogen and oxygen atoms in total. The third-order valence-corrected chi connectivity index (χ3v) is 4.66. The summed E-state index contributed by atoms with van der Waals surface area (Å²) in [6.07, 6.45) is 5.81. The van der Waals surface area contributed by atoms with Crippen LogP contribution in [0.3, 0.4) is 0 Å². The van der Waals surface area contributed by atoms with Gasteiger partial charge in [0.25, 0.3) is 0 Å². The fourth-order valence-corrected chi connectivity index (χ4v) is 3.66. The number of aldehydes is 1. The molecule has 20 heavy (non-hydrogen) atoms. The Labute approximate surface area is 123 Å². The highest BCUT2D eigenvalue weighted by Crippen LogP contribution is 2.38. The Kier molecular flexibility index (Phi) is 4.98. The highest BCUT2D eigenvalue weighted by molar-refractivity contribution is 5.60. The highest BCUT2D eigenvalue weighted by atomic mass is 16.1. The second-order valence-electron chi connectivity index (χ2n) is 6.78. The number of benzene rings is 1. The summed E-state index contributed by atoms with van der Waals surface area (Å²) < 4.78 is 0. The van der Waals surface area contributed by atoms with Gasteiger partial charge < -0.3 is 9.69 Å². The van der Waals surface area contributed by atoms with Crippen LogP contribution >= 0.6 is 0 Å². The molecule has 0 radical (unpaired) electrons. The number of aryl methyl sites for hydroxylation is 1. The van der Waals surface area contributed by atoms with Crippen LogP contribution in [0.15, 0.2) is 24.3 Å². The molecule has 1 fully saturated rings. The van der Waals surface area contributed by atoms with E-state index in [4.69, 9.17) is 0 Å². The maximum absolute atomic E-state index is 11.7. The van der Waals surface area contributed by atoms with Gasteiger partial charge in [-0.15, -0.1) is 0 Å². The van der Waals surface area contributed by atoms with E-state index in [1.807, 2.05) is 0 Å². The molecule has 1 saturated carbocycles. The minimum atomic E-state index is -0.116. The monoisotopic (exact) mass is 273 g/mol. The van der Waals surface area contributed by atoms with Gasteiger partial charge >= 0.3 is 0 Å². The quantitative estimate of drug-likeness (QED) is 0.760. The standard InChI is InChI=1S/C18H27NO/c1-15-7-6-10-18(11-15,14-20)13-19(3)12-17-9-5-4-8-16(17)2/h4-5,8-9,14-15H,6-7,10-13H2,1-3H3. The van der Waals surface area contributed by atoms with Gasteiger partial charge in [-0.1, -0.05) is 44.0 Å². The first-order valence-electron chi connectivity index (χ1n) is 7.74. The molecular formula is C18H27NO. The number of rotatable bonds is 5. The van der Waals surface area contributed by atoms with Gasteiger partial charge in [0.15, 0.2) is 0 Å². The molecule has 2 unspecified atom stereocenters. The fraction of sp³-hybridized carbons (Fsp3) is 0.611. The van der Waals surface area contributed by atoms with Gasteiger partial charge in [0, 0.05) is 18.5 Å². The van der Waals surface area contributed by atoms with E-state index in [1.54, 1.807) is 0 Å². The summed E-state index contributed by atoms with van der Waals surface area (Å²) in [5.41, 5.74) is 2.58. The molecule has 0 amide bonds. The van der Waals surface area contributed by atoms with Crippen LogP contribution < -0.4 is 0 Å². The zero-order chi connectivity index (χ0) is 14.6. The molecule has 2 atom stereocenters. The third-order valence-electron chi connectivity index (χ3n) is 4.66. The SMILES string of the molecule is Cc1ccccc1CN(C)CC1(C=O)CCCC(C)C1. The van der Waals surface area contributed by atoms with Crippen molar-refractivity contribution in [2.75, 3.05) is 13.6 Å². The highest BCUT2D eigenvalue weighted by Gasteiger charge is 2.35. The first-order valence-corrected chi connectivity index (χ1v) is 7.74. The average molecular weight is 273 g/mol. The van der Waals surface area contributed by atoms with Crippen LogP contribution in [0.1, 0.15) is 43.7 Å². The molecule has 0 aliphatic heterocycles. The molecule has 1 aromatic rings. The minimum Gasteiger partial charge on any atom is -0.303 e. The van der Waals surface area contributed by atoms with Crippen LogP contribution in [-0.4, -0.2) is 24.8 Å². The van der Waals surface area contributed by atoms with Gasteiger partial charge in [-0.25, -0.2) is 0 Å². The zero-order valence-electron chi connectivity index (χ0n) is 13.1. The van der Waals surface area contributed by atoms with Gasteiger partial charge in [-0.05, 0) is 43.9 Å². The Morgan fingerprint density at radius 1 is 1.40 bits per heavy atom. The predicted molar refractivity (Wildman–Crippen MR) is 83.6 cm³/mol. The van der Waals surface area contributed by atoms with Crippen LogP contribution in [0.4, 0.5) is 0 Å². The van der Waals surface area contributed by atoms with E-state index in [9.17, 15) is 4.79 Å². The van der Waals surface area contributed by atoms with E-state index in [2.05, 4.69) is 50.1 Å². The summed E-state index contributed by atoms with van der Waals surface area (Å²) in [7, 11) is 2.14. The molecule has 1 aromatic carbocycles. The van der Waals surface area contributed by atoms with Crippen LogP contribution in [0.5, 0.6) is 0 Å². The Balaban J connectivity index is 2.01. The van der Waals surface area contributed by atoms with Crippen molar-refractivity contribution in [3.05, 3.63) is 35.4 Å². The van der Waals surface area contributed by atoms with E-state index in [0.717, 1.165) is 25.9 Å². The minimum absolute atomic E-state index is 0.116. The van der Waals surface area contributed by atoms with Crippen molar-refractivity contribution in [2.45, 2.75) is 46.1 Å². The van der Waals surface area contributed by atoms with Gasteiger partial charge in [-0.2, -0.15) is 0 Å². The lowest BCUT2D eigenvalue weighted by atomic mass is 9.70. The van der Waals surface area contributed by atoms with Gasteiger partial charge in [0.05, 0.1) is 0 Å². The van der Waals surface area contributed by atoms with Crippen molar-refractivity contribution in [3.8, 4) is 0 Å². The maximum Gasteiger partial charge on any atom is 0.127 e. The third kappa shape index (κ3) is 3.69. The average Bonchev–Trinajstić information content (AvgIpc) is 2.41. The molecule has 1 aliphatic carbocycles. The Hall–Kier alpha value is -1.15. The lowest BCUT2D eigenvalue weighted by Gasteiger charge is -2.38. The van der Waals surface area contributed by atoms with E-state index in [-0.39, 0.29) is 5.41 Å². The van der Waals surface area contributed by atoms with Crippen molar-refractivity contribution in [2.24, 2.45) is 11.3 Å². The molecule has 0 aromatic heterocycles. The molecule has 0 saturated heterocycles. The summed E-state index contributed by atoms with van der Waals surface area (Å²) in [5, 5.41) is 0. The number of carbonyl (C=O) groups excluding carboxylic acids is 1. The Morgan fingerprint density at radius 2 is 2.15 bits per heavy atom. The molecule has 0 heterocycles. The van der Waals surface area contributed by atoms with Crippen LogP contribution in [0, 0.1) is 18.3 Å². The number of hydrogen-bond acceptors (Lipinski definition) is 2. The predicted octanol–water partition coefficient (Wildman–Crippen LogP) is 3.82. The van der Waals surface area contributed by atoms with Crippen molar-refractivity contribution in [1.29, 1.82) is 0 Å². The molecular weight excluding hydrogens is 246 g/mol. The van der Waals surface area contributed by atoms with Crippen LogP contribution in [0.2, 0.25) is 0 Å². The van der Waals surface area contributed by atoms with E-state index < -0.39 is 0 Å². The first kappa shape index (κ1) is 15.2. The van der Waals surface area contributed by atoms with E-state index >= 15 is 0 Å². The first-order chi connectivity index (χ1) is 9.54. The van der Waals surface area contributed by atoms with Crippen molar-refractivity contribution in [3.63, 3.8) is 0 Å². The summed E-state index contributed by atoms with van der Waals surface area (Å²) in [6, 6.07) is 8.51. The maximum atomic E-state index is 11.7. The molecule has 0 N–H and O–H groups in total. The number of carbonyl (C=O) groups is 1. The Morgan fingerprint density at radius 3 is 2.80 bits per heavy atom. The zero-order valence-corrected chi connectivity index (χ0v) is 13.1. The van der Waals surface area contributed by atoms with Gasteiger partial charge in [0.2, 0.25) is 0 Å². The fourth-order valence-electron chi connectivity index (χ4n) is 3.66. The molecule has 110 valence electrons. The molecule has 2 heteroatoms. The topological polar surface area (TPSA) is 20.3 Å². The van der Waals surface area contributed by atoms with E-state index in [0.29, 0.717) is 5.92 Å². The molecule has 0 spiro atoms. The largest absolute Gasteiger partial charge is 0.303 e.